The Morgan fingerprint density at radius 1 is 1.28 bits per heavy atom. The van der Waals surface area contributed by atoms with E-state index in [0.717, 1.165) is 16.5 Å². The van der Waals surface area contributed by atoms with Gasteiger partial charge in [0.2, 0.25) is 0 Å². The molecule has 25 heavy (non-hydrogen) atoms. The lowest BCUT2D eigenvalue weighted by Crippen LogP contribution is -2.46. The van der Waals surface area contributed by atoms with Crippen molar-refractivity contribution in [1.29, 1.82) is 0 Å². The maximum Gasteiger partial charge on any atom is 0.340 e. The Kier molecular flexibility index (Phi) is 4.07. The van der Waals surface area contributed by atoms with Crippen LogP contribution in [-0.4, -0.2) is 16.8 Å². The van der Waals surface area contributed by atoms with Crippen LogP contribution in [0.5, 0.6) is 5.75 Å². The smallest absolute Gasteiger partial charge is 0.340 e. The van der Waals surface area contributed by atoms with Gasteiger partial charge in [-0.25, -0.2) is 4.79 Å². The largest absolute Gasteiger partial charge is 0.485 e. The summed E-state index contributed by atoms with van der Waals surface area (Å²) in [5.74, 6) is 0.669. The van der Waals surface area contributed by atoms with Crippen molar-refractivity contribution >= 4 is 11.0 Å². The normalized spacial score (nSPS) is 19.2. The lowest BCUT2D eigenvalue weighted by molar-refractivity contribution is -0.0410. The predicted molar refractivity (Wildman–Crippen MR) is 99.4 cm³/mol. The van der Waals surface area contributed by atoms with E-state index in [1.807, 2.05) is 53.7 Å². The first-order valence-electron chi connectivity index (χ1n) is 8.64. The molecule has 0 saturated heterocycles. The third-order valence-electron chi connectivity index (χ3n) is 4.85. The van der Waals surface area contributed by atoms with Crippen LogP contribution < -0.4 is 10.4 Å². The SMILES string of the molecule is CC(C)=CC(C)(C)c1cc2cc3c(cc2oc1=O)OC(C)(C)[C@@H](O)C3. The van der Waals surface area contributed by atoms with E-state index in [1.165, 1.54) is 0 Å². The Labute approximate surface area is 148 Å². The fraction of sp³-hybridized carbons (Fsp3) is 0.476. The molecule has 1 aromatic heterocycles. The average Bonchev–Trinajstić information content (AvgIpc) is 2.44. The summed E-state index contributed by atoms with van der Waals surface area (Å²) in [6, 6.07) is 5.61. The Balaban J connectivity index is 2.17. The number of fused-ring (bicyclic) bond motifs is 2. The number of aliphatic hydroxyl groups excluding tert-OH is 1. The minimum absolute atomic E-state index is 0.329. The van der Waals surface area contributed by atoms with E-state index >= 15 is 0 Å². The van der Waals surface area contributed by atoms with Crippen LogP contribution in [0.2, 0.25) is 0 Å². The van der Waals surface area contributed by atoms with Crippen LogP contribution in [0.3, 0.4) is 0 Å². The van der Waals surface area contributed by atoms with Gasteiger partial charge in [0.25, 0.3) is 0 Å². The summed E-state index contributed by atoms with van der Waals surface area (Å²) >= 11 is 0. The number of rotatable bonds is 2. The van der Waals surface area contributed by atoms with Crippen LogP contribution in [-0.2, 0) is 11.8 Å². The number of allylic oxidation sites excluding steroid dienone is 2. The van der Waals surface area contributed by atoms with Gasteiger partial charge in [-0.1, -0.05) is 25.5 Å². The molecule has 0 fully saturated rings. The Morgan fingerprint density at radius 3 is 2.60 bits per heavy atom. The Hall–Kier alpha value is -2.07. The molecule has 0 unspecified atom stereocenters. The zero-order chi connectivity index (χ0) is 18.6. The highest BCUT2D eigenvalue weighted by Gasteiger charge is 2.36. The van der Waals surface area contributed by atoms with Crippen molar-refractivity contribution in [3.05, 3.63) is 51.4 Å². The van der Waals surface area contributed by atoms with Gasteiger partial charge in [-0.3, -0.25) is 0 Å². The predicted octanol–water partition coefficient (Wildman–Crippen LogP) is 4.11. The molecular formula is C21H26O4. The summed E-state index contributed by atoms with van der Waals surface area (Å²) in [6.45, 7) is 11.7. The topological polar surface area (TPSA) is 59.7 Å². The van der Waals surface area contributed by atoms with Gasteiger partial charge in [0, 0.05) is 28.9 Å². The fourth-order valence-corrected chi connectivity index (χ4v) is 3.50. The van der Waals surface area contributed by atoms with Crippen LogP contribution in [0.25, 0.3) is 11.0 Å². The molecule has 0 spiro atoms. The van der Waals surface area contributed by atoms with E-state index in [1.54, 1.807) is 6.07 Å². The zero-order valence-electron chi connectivity index (χ0n) is 15.8. The monoisotopic (exact) mass is 342 g/mol. The molecule has 0 saturated carbocycles. The van der Waals surface area contributed by atoms with Gasteiger partial charge >= 0.3 is 5.63 Å². The molecule has 2 heterocycles. The molecule has 134 valence electrons. The van der Waals surface area contributed by atoms with Crippen molar-refractivity contribution < 1.29 is 14.3 Å². The van der Waals surface area contributed by atoms with Crippen molar-refractivity contribution in [2.45, 2.75) is 65.1 Å². The lowest BCUT2D eigenvalue weighted by Gasteiger charge is -2.37. The van der Waals surface area contributed by atoms with E-state index in [9.17, 15) is 9.90 Å². The molecule has 3 rings (SSSR count). The fourth-order valence-electron chi connectivity index (χ4n) is 3.50. The number of hydrogen-bond donors (Lipinski definition) is 1. The molecule has 1 N–H and O–H groups in total. The second kappa shape index (κ2) is 5.73. The molecule has 0 amide bonds. The third-order valence-corrected chi connectivity index (χ3v) is 4.85. The minimum atomic E-state index is -0.660. The van der Waals surface area contributed by atoms with Crippen LogP contribution in [0.4, 0.5) is 0 Å². The van der Waals surface area contributed by atoms with Crippen molar-refractivity contribution in [3.8, 4) is 5.75 Å². The summed E-state index contributed by atoms with van der Waals surface area (Å²) in [4.78, 5) is 12.5. The second-order valence-corrected chi connectivity index (χ2v) is 8.31. The van der Waals surface area contributed by atoms with Gasteiger partial charge in [-0.2, -0.15) is 0 Å². The zero-order valence-corrected chi connectivity index (χ0v) is 15.8. The Morgan fingerprint density at radius 2 is 1.96 bits per heavy atom. The molecule has 1 aliphatic rings. The van der Waals surface area contributed by atoms with Crippen LogP contribution >= 0.6 is 0 Å². The first kappa shape index (κ1) is 17.7. The maximum atomic E-state index is 12.5. The molecule has 2 aromatic rings. The molecule has 0 aliphatic carbocycles. The minimum Gasteiger partial charge on any atom is -0.485 e. The van der Waals surface area contributed by atoms with Gasteiger partial charge in [0.15, 0.2) is 0 Å². The van der Waals surface area contributed by atoms with E-state index < -0.39 is 17.1 Å². The highest BCUT2D eigenvalue weighted by Crippen LogP contribution is 2.37. The highest BCUT2D eigenvalue weighted by atomic mass is 16.5. The molecule has 0 bridgehead atoms. The summed E-state index contributed by atoms with van der Waals surface area (Å²) < 4.78 is 11.5. The third kappa shape index (κ3) is 3.23. The molecule has 4 heteroatoms. The van der Waals surface area contributed by atoms with Crippen molar-refractivity contribution in [2.24, 2.45) is 0 Å². The van der Waals surface area contributed by atoms with E-state index in [-0.39, 0.29) is 5.63 Å². The van der Waals surface area contributed by atoms with Crippen molar-refractivity contribution in [3.63, 3.8) is 0 Å². The molecule has 4 nitrogen and oxygen atoms in total. The number of hydrogen-bond acceptors (Lipinski definition) is 4. The molecule has 1 aromatic carbocycles. The number of ether oxygens (including phenoxy) is 1. The van der Waals surface area contributed by atoms with Gasteiger partial charge in [-0.15, -0.1) is 0 Å². The highest BCUT2D eigenvalue weighted by molar-refractivity contribution is 5.80. The lowest BCUT2D eigenvalue weighted by atomic mass is 9.83. The van der Waals surface area contributed by atoms with Crippen LogP contribution in [0.1, 0.15) is 52.7 Å². The van der Waals surface area contributed by atoms with Gasteiger partial charge in [0.1, 0.15) is 16.9 Å². The van der Waals surface area contributed by atoms with Crippen LogP contribution in [0.15, 0.2) is 39.1 Å². The molecule has 0 radical (unpaired) electrons. The Bertz CT molecular complexity index is 911. The average molecular weight is 342 g/mol. The van der Waals surface area contributed by atoms with Gasteiger partial charge < -0.3 is 14.3 Å². The number of benzene rings is 1. The first-order valence-corrected chi connectivity index (χ1v) is 8.64. The summed E-state index contributed by atoms with van der Waals surface area (Å²) in [5, 5.41) is 11.1. The first-order chi connectivity index (χ1) is 11.5. The van der Waals surface area contributed by atoms with E-state index in [4.69, 9.17) is 9.15 Å². The maximum absolute atomic E-state index is 12.5. The van der Waals surface area contributed by atoms with Gasteiger partial charge in [-0.05, 0) is 45.4 Å². The standard InChI is InChI=1S/C21H26O4/c1-12(2)11-20(3,4)15-8-13-7-14-9-18(22)21(5,6)25-17(14)10-16(13)24-19(15)23/h7-8,10-11,18,22H,9H2,1-6H3/t18-/m0/s1. The quantitative estimate of drug-likeness (QED) is 0.659. The van der Waals surface area contributed by atoms with E-state index in [2.05, 4.69) is 6.08 Å². The van der Waals surface area contributed by atoms with Crippen molar-refractivity contribution in [2.75, 3.05) is 0 Å². The second-order valence-electron chi connectivity index (χ2n) is 8.31. The van der Waals surface area contributed by atoms with Crippen LogP contribution in [0, 0.1) is 0 Å². The summed E-state index contributed by atoms with van der Waals surface area (Å²) in [5.41, 5.74) is 1.80. The number of aliphatic hydroxyl groups is 1. The van der Waals surface area contributed by atoms with E-state index in [0.29, 0.717) is 23.3 Å². The summed E-state index contributed by atoms with van der Waals surface area (Å²) in [6.07, 6.45) is 2.01. The van der Waals surface area contributed by atoms with Crippen molar-refractivity contribution in [1.82, 2.24) is 0 Å². The van der Waals surface area contributed by atoms with Gasteiger partial charge in [0.05, 0.1) is 6.10 Å². The molecule has 1 atom stereocenters. The summed E-state index contributed by atoms with van der Waals surface area (Å²) in [7, 11) is 0. The molecule has 1 aliphatic heterocycles. The molecular weight excluding hydrogens is 316 g/mol.